The molecule has 92 valence electrons. The van der Waals surface area contributed by atoms with Gasteiger partial charge in [-0.05, 0) is 37.0 Å². The van der Waals surface area contributed by atoms with Gasteiger partial charge in [-0.1, -0.05) is 25.0 Å². The molecule has 1 fully saturated rings. The van der Waals surface area contributed by atoms with E-state index >= 15 is 0 Å². The predicted octanol–water partition coefficient (Wildman–Crippen LogP) is 2.12. The van der Waals surface area contributed by atoms with Crippen molar-refractivity contribution in [2.75, 3.05) is 12.3 Å². The summed E-state index contributed by atoms with van der Waals surface area (Å²) in [7, 11) is 0. The summed E-state index contributed by atoms with van der Waals surface area (Å²) >= 11 is 0. The second-order valence-electron chi connectivity index (χ2n) is 4.76. The molecule has 0 spiro atoms. The molecule has 0 heterocycles. The minimum Gasteiger partial charge on any atom is -0.399 e. The van der Waals surface area contributed by atoms with Gasteiger partial charge in [-0.2, -0.15) is 0 Å². The molecule has 0 atom stereocenters. The molecule has 0 unspecified atom stereocenters. The van der Waals surface area contributed by atoms with Gasteiger partial charge < -0.3 is 11.1 Å². The molecule has 17 heavy (non-hydrogen) atoms. The number of hydrogen-bond acceptors (Lipinski definition) is 2. The second kappa shape index (κ2) is 5.71. The fraction of sp³-hybridized carbons (Fsp3) is 0.500. The van der Waals surface area contributed by atoms with Crippen molar-refractivity contribution in [1.82, 2.24) is 5.32 Å². The summed E-state index contributed by atoms with van der Waals surface area (Å²) in [6.07, 6.45) is 5.41. The van der Waals surface area contributed by atoms with Gasteiger partial charge in [0.15, 0.2) is 0 Å². The molecule has 0 aliphatic heterocycles. The van der Waals surface area contributed by atoms with E-state index in [1.807, 2.05) is 24.3 Å². The summed E-state index contributed by atoms with van der Waals surface area (Å²) < 4.78 is 0. The quantitative estimate of drug-likeness (QED) is 0.781. The molecule has 3 nitrogen and oxygen atoms in total. The number of hydrogen-bond donors (Lipinski definition) is 2. The van der Waals surface area contributed by atoms with Crippen molar-refractivity contribution >= 4 is 11.6 Å². The van der Waals surface area contributed by atoms with Crippen LogP contribution in [0.1, 0.15) is 31.2 Å². The topological polar surface area (TPSA) is 55.1 Å². The van der Waals surface area contributed by atoms with Gasteiger partial charge in [0.2, 0.25) is 5.91 Å². The summed E-state index contributed by atoms with van der Waals surface area (Å²) in [6.45, 7) is 0.721. The maximum absolute atomic E-state index is 11.8. The number of anilines is 1. The van der Waals surface area contributed by atoms with Crippen LogP contribution in [0.4, 0.5) is 5.69 Å². The number of nitrogens with two attached hydrogens (primary N) is 1. The van der Waals surface area contributed by atoms with Crippen molar-refractivity contribution in [3.63, 3.8) is 0 Å². The monoisotopic (exact) mass is 232 g/mol. The van der Waals surface area contributed by atoms with Gasteiger partial charge in [-0.3, -0.25) is 4.79 Å². The van der Waals surface area contributed by atoms with E-state index in [0.717, 1.165) is 31.5 Å². The fourth-order valence-electron chi connectivity index (χ4n) is 2.35. The zero-order valence-corrected chi connectivity index (χ0v) is 10.1. The Labute approximate surface area is 102 Å². The molecule has 0 bridgehead atoms. The predicted molar refractivity (Wildman–Crippen MR) is 69.5 cm³/mol. The third kappa shape index (κ3) is 3.48. The van der Waals surface area contributed by atoms with E-state index in [0.29, 0.717) is 0 Å². The van der Waals surface area contributed by atoms with Crippen LogP contribution in [0.25, 0.3) is 0 Å². The lowest BCUT2D eigenvalue weighted by atomic mass is 10.1. The minimum atomic E-state index is 0.234. The molecule has 0 aromatic heterocycles. The first kappa shape index (κ1) is 12.0. The van der Waals surface area contributed by atoms with Gasteiger partial charge in [-0.25, -0.2) is 0 Å². The van der Waals surface area contributed by atoms with Crippen molar-refractivity contribution < 1.29 is 4.79 Å². The first-order chi connectivity index (χ1) is 8.25. The van der Waals surface area contributed by atoms with E-state index < -0.39 is 0 Å². The van der Waals surface area contributed by atoms with Gasteiger partial charge >= 0.3 is 0 Å². The lowest BCUT2D eigenvalue weighted by Gasteiger charge is -2.10. The Balaban J connectivity index is 1.72. The molecule has 1 aliphatic rings. The first-order valence-corrected chi connectivity index (χ1v) is 6.38. The van der Waals surface area contributed by atoms with Crippen LogP contribution < -0.4 is 11.1 Å². The highest BCUT2D eigenvalue weighted by molar-refractivity contribution is 5.78. The van der Waals surface area contributed by atoms with Crippen LogP contribution in [0.5, 0.6) is 0 Å². The van der Waals surface area contributed by atoms with Crippen LogP contribution in [0, 0.1) is 5.92 Å². The summed E-state index contributed by atoms with van der Waals surface area (Å²) in [4.78, 5) is 11.8. The highest BCUT2D eigenvalue weighted by Crippen LogP contribution is 2.24. The standard InChI is InChI=1S/C14H20N2O/c15-13-7-5-11(6-8-13)9-10-16-14(17)12-3-1-2-4-12/h5-8,12H,1-4,9-10,15H2,(H,16,17). The number of nitrogens with one attached hydrogen (secondary N) is 1. The number of benzene rings is 1. The Kier molecular flexibility index (Phi) is 4.02. The molecule has 2 rings (SSSR count). The van der Waals surface area contributed by atoms with Gasteiger partial charge in [-0.15, -0.1) is 0 Å². The van der Waals surface area contributed by atoms with Crippen LogP contribution in [0.3, 0.4) is 0 Å². The van der Waals surface area contributed by atoms with Crippen LogP contribution in [0.15, 0.2) is 24.3 Å². The van der Waals surface area contributed by atoms with Crippen LogP contribution >= 0.6 is 0 Å². The smallest absolute Gasteiger partial charge is 0.223 e. The van der Waals surface area contributed by atoms with Crippen LogP contribution in [0.2, 0.25) is 0 Å². The van der Waals surface area contributed by atoms with E-state index in [1.54, 1.807) is 0 Å². The Morgan fingerprint density at radius 1 is 1.24 bits per heavy atom. The SMILES string of the molecule is Nc1ccc(CCNC(=O)C2CCCC2)cc1. The molecular formula is C14H20N2O. The van der Waals surface area contributed by atoms with Crippen LogP contribution in [-0.4, -0.2) is 12.5 Å². The van der Waals surface area contributed by atoms with E-state index in [-0.39, 0.29) is 11.8 Å². The maximum Gasteiger partial charge on any atom is 0.223 e. The van der Waals surface area contributed by atoms with Gasteiger partial charge in [0.1, 0.15) is 0 Å². The molecule has 3 heteroatoms. The lowest BCUT2D eigenvalue weighted by Crippen LogP contribution is -2.30. The molecule has 3 N–H and O–H groups in total. The average Bonchev–Trinajstić information content (AvgIpc) is 2.85. The Hall–Kier alpha value is -1.51. The molecule has 1 aliphatic carbocycles. The largest absolute Gasteiger partial charge is 0.399 e. The van der Waals surface area contributed by atoms with E-state index in [2.05, 4.69) is 5.32 Å². The molecule has 0 saturated heterocycles. The second-order valence-corrected chi connectivity index (χ2v) is 4.76. The van der Waals surface area contributed by atoms with Crippen molar-refractivity contribution in [3.05, 3.63) is 29.8 Å². The average molecular weight is 232 g/mol. The Morgan fingerprint density at radius 2 is 1.88 bits per heavy atom. The number of nitrogen functional groups attached to an aromatic ring is 1. The minimum absolute atomic E-state index is 0.234. The van der Waals surface area contributed by atoms with Crippen molar-refractivity contribution in [2.24, 2.45) is 5.92 Å². The summed E-state index contributed by atoms with van der Waals surface area (Å²) in [5, 5.41) is 3.02. The van der Waals surface area contributed by atoms with Crippen LogP contribution in [-0.2, 0) is 11.2 Å². The Morgan fingerprint density at radius 3 is 2.53 bits per heavy atom. The zero-order chi connectivity index (χ0) is 12.1. The summed E-state index contributed by atoms with van der Waals surface area (Å²) in [5.41, 5.74) is 7.61. The maximum atomic E-state index is 11.8. The third-order valence-corrected chi connectivity index (χ3v) is 3.42. The van der Waals surface area contributed by atoms with Gasteiger partial charge in [0, 0.05) is 18.2 Å². The first-order valence-electron chi connectivity index (χ1n) is 6.38. The number of rotatable bonds is 4. The van der Waals surface area contributed by atoms with Crippen molar-refractivity contribution in [2.45, 2.75) is 32.1 Å². The molecule has 1 aromatic carbocycles. The molecule has 1 amide bonds. The molecule has 1 saturated carbocycles. The normalized spacial score (nSPS) is 16.0. The van der Waals surface area contributed by atoms with Gasteiger partial charge in [0.25, 0.3) is 0 Å². The highest BCUT2D eigenvalue weighted by atomic mass is 16.1. The summed E-state index contributed by atoms with van der Waals surface area (Å²) in [6, 6.07) is 7.82. The van der Waals surface area contributed by atoms with E-state index in [1.165, 1.54) is 18.4 Å². The number of carbonyl (C=O) groups excluding carboxylic acids is 1. The fourth-order valence-corrected chi connectivity index (χ4v) is 2.35. The highest BCUT2D eigenvalue weighted by Gasteiger charge is 2.21. The van der Waals surface area contributed by atoms with E-state index in [4.69, 9.17) is 5.73 Å². The Bertz CT molecular complexity index is 366. The van der Waals surface area contributed by atoms with E-state index in [9.17, 15) is 4.79 Å². The molecule has 1 aromatic rings. The number of carbonyl (C=O) groups is 1. The zero-order valence-electron chi connectivity index (χ0n) is 10.1. The van der Waals surface area contributed by atoms with Crippen molar-refractivity contribution in [3.8, 4) is 0 Å². The van der Waals surface area contributed by atoms with Gasteiger partial charge in [0.05, 0.1) is 0 Å². The molecule has 0 radical (unpaired) electrons. The lowest BCUT2D eigenvalue weighted by molar-refractivity contribution is -0.124. The molecular weight excluding hydrogens is 212 g/mol. The summed E-state index contributed by atoms with van der Waals surface area (Å²) in [5.74, 6) is 0.499. The third-order valence-electron chi connectivity index (χ3n) is 3.42. The van der Waals surface area contributed by atoms with Crippen molar-refractivity contribution in [1.29, 1.82) is 0 Å². The number of amides is 1.